The van der Waals surface area contributed by atoms with Crippen LogP contribution >= 0.6 is 0 Å². The van der Waals surface area contributed by atoms with Crippen molar-refractivity contribution < 1.29 is 28.5 Å². The number of carbonyl (C=O) groups is 1. The maximum absolute atomic E-state index is 12.3. The van der Waals surface area contributed by atoms with Gasteiger partial charge in [0.25, 0.3) is 0 Å². The zero-order valence-electron chi connectivity index (χ0n) is 14.3. The smallest absolute Gasteiger partial charge is 0.323 e. The lowest BCUT2D eigenvalue weighted by Gasteiger charge is -2.24. The minimum absolute atomic E-state index is 0.178. The molecule has 1 atom stereocenters. The van der Waals surface area contributed by atoms with Crippen LogP contribution in [0.2, 0.25) is 0 Å². The molecule has 0 amide bonds. The van der Waals surface area contributed by atoms with Gasteiger partial charge in [-0.15, -0.1) is 0 Å². The van der Waals surface area contributed by atoms with E-state index in [1.165, 1.54) is 0 Å². The van der Waals surface area contributed by atoms with Crippen molar-refractivity contribution in [1.29, 1.82) is 0 Å². The maximum Gasteiger partial charge on any atom is 0.323 e. The number of benzene rings is 2. The first-order valence-corrected chi connectivity index (χ1v) is 8.38. The number of carbonyl (C=O) groups excluding carboxylic acids is 1. The van der Waals surface area contributed by atoms with Gasteiger partial charge in [0.2, 0.25) is 13.6 Å². The van der Waals surface area contributed by atoms with E-state index in [0.717, 1.165) is 11.1 Å². The van der Waals surface area contributed by atoms with Gasteiger partial charge in [0.05, 0.1) is 6.61 Å². The van der Waals surface area contributed by atoms with E-state index in [4.69, 9.17) is 29.4 Å². The van der Waals surface area contributed by atoms with Crippen LogP contribution in [0.5, 0.6) is 23.0 Å². The van der Waals surface area contributed by atoms with Crippen molar-refractivity contribution in [2.24, 2.45) is 5.73 Å². The molecule has 0 fully saturated rings. The summed E-state index contributed by atoms with van der Waals surface area (Å²) in [4.78, 5) is 12.3. The van der Waals surface area contributed by atoms with Crippen molar-refractivity contribution in [2.75, 3.05) is 20.2 Å². The fourth-order valence-electron chi connectivity index (χ4n) is 3.19. The fraction of sp³-hybridized carbons (Fsp3) is 0.316. The molecule has 4 rings (SSSR count). The molecule has 0 saturated heterocycles. The van der Waals surface area contributed by atoms with Crippen LogP contribution in [0.25, 0.3) is 0 Å². The highest BCUT2D eigenvalue weighted by Gasteiger charge is 2.31. The van der Waals surface area contributed by atoms with Crippen LogP contribution in [0, 0.1) is 0 Å². The lowest BCUT2D eigenvalue weighted by molar-refractivity contribution is -0.145. The number of hydrogen-bond donors (Lipinski definition) is 1. The molecule has 0 bridgehead atoms. The second kappa shape index (κ2) is 6.76. The van der Waals surface area contributed by atoms with Gasteiger partial charge in [0.1, 0.15) is 6.04 Å². The molecule has 7 heteroatoms. The molecule has 2 aliphatic heterocycles. The summed E-state index contributed by atoms with van der Waals surface area (Å²) in [6.45, 7) is 2.37. The zero-order chi connectivity index (χ0) is 18.1. The first kappa shape index (κ1) is 16.5. The van der Waals surface area contributed by atoms with E-state index >= 15 is 0 Å². The molecule has 2 N–H and O–H groups in total. The van der Waals surface area contributed by atoms with Gasteiger partial charge in [-0.1, -0.05) is 12.1 Å². The lowest BCUT2D eigenvalue weighted by atomic mass is 9.85. The molecule has 0 spiro atoms. The molecule has 0 saturated carbocycles. The van der Waals surface area contributed by atoms with E-state index in [0.29, 0.717) is 23.0 Å². The second-order valence-electron chi connectivity index (χ2n) is 5.98. The molecule has 2 aromatic rings. The third kappa shape index (κ3) is 2.90. The highest BCUT2D eigenvalue weighted by atomic mass is 16.7. The van der Waals surface area contributed by atoms with Gasteiger partial charge in [0, 0.05) is 5.92 Å². The van der Waals surface area contributed by atoms with Crippen molar-refractivity contribution in [1.82, 2.24) is 0 Å². The standard InChI is InChI=1S/C19H19NO6/c1-2-22-19(21)18(20)17(11-3-5-13-15(7-11)25-9-23-13)12-4-6-14-16(8-12)26-10-24-14/h3-8,17-18H,2,9-10,20H2,1H3. The quantitative estimate of drug-likeness (QED) is 0.820. The molecule has 0 radical (unpaired) electrons. The monoisotopic (exact) mass is 357 g/mol. The SMILES string of the molecule is CCOC(=O)C(N)C(c1ccc2c(c1)OCO2)c1ccc2c(c1)OCO2. The van der Waals surface area contributed by atoms with Gasteiger partial charge in [-0.3, -0.25) is 4.79 Å². The second-order valence-corrected chi connectivity index (χ2v) is 5.98. The minimum Gasteiger partial charge on any atom is -0.465 e. The van der Waals surface area contributed by atoms with Crippen molar-refractivity contribution in [3.05, 3.63) is 47.5 Å². The summed E-state index contributed by atoms with van der Waals surface area (Å²) in [7, 11) is 0. The van der Waals surface area contributed by atoms with Gasteiger partial charge >= 0.3 is 5.97 Å². The lowest BCUT2D eigenvalue weighted by Crippen LogP contribution is -2.38. The van der Waals surface area contributed by atoms with Crippen molar-refractivity contribution >= 4 is 5.97 Å². The molecule has 2 aromatic carbocycles. The highest BCUT2D eigenvalue weighted by molar-refractivity contribution is 5.78. The summed E-state index contributed by atoms with van der Waals surface area (Å²) in [5, 5.41) is 0. The van der Waals surface area contributed by atoms with Crippen LogP contribution in [-0.4, -0.2) is 32.2 Å². The predicted molar refractivity (Wildman–Crippen MR) is 91.6 cm³/mol. The average molecular weight is 357 g/mol. The van der Waals surface area contributed by atoms with E-state index in [2.05, 4.69) is 0 Å². The maximum atomic E-state index is 12.3. The van der Waals surface area contributed by atoms with Crippen LogP contribution in [0.1, 0.15) is 24.0 Å². The zero-order valence-corrected chi connectivity index (χ0v) is 14.3. The Labute approximate surface area is 150 Å². The Morgan fingerprint density at radius 3 is 1.96 bits per heavy atom. The van der Waals surface area contributed by atoms with Crippen molar-refractivity contribution in [3.63, 3.8) is 0 Å². The van der Waals surface area contributed by atoms with Gasteiger partial charge < -0.3 is 29.4 Å². The first-order chi connectivity index (χ1) is 12.7. The third-order valence-electron chi connectivity index (χ3n) is 4.43. The summed E-state index contributed by atoms with van der Waals surface area (Å²) < 4.78 is 26.8. The van der Waals surface area contributed by atoms with Crippen molar-refractivity contribution in [2.45, 2.75) is 18.9 Å². The summed E-state index contributed by atoms with van der Waals surface area (Å²) in [5.41, 5.74) is 7.94. The average Bonchev–Trinajstić information content (AvgIpc) is 3.30. The number of ether oxygens (including phenoxy) is 5. The number of hydrogen-bond acceptors (Lipinski definition) is 7. The molecular weight excluding hydrogens is 338 g/mol. The Balaban J connectivity index is 1.75. The number of rotatable bonds is 5. The minimum atomic E-state index is -0.879. The summed E-state index contributed by atoms with van der Waals surface area (Å²) >= 11 is 0. The van der Waals surface area contributed by atoms with Crippen molar-refractivity contribution in [3.8, 4) is 23.0 Å². The molecule has 0 aliphatic carbocycles. The normalized spacial score (nSPS) is 15.2. The third-order valence-corrected chi connectivity index (χ3v) is 4.43. The van der Waals surface area contributed by atoms with Gasteiger partial charge in [-0.2, -0.15) is 0 Å². The van der Waals surface area contributed by atoms with Gasteiger partial charge in [-0.25, -0.2) is 0 Å². The highest BCUT2D eigenvalue weighted by Crippen LogP contribution is 2.40. The van der Waals surface area contributed by atoms with Crippen LogP contribution in [0.4, 0.5) is 0 Å². The molecule has 7 nitrogen and oxygen atoms in total. The Bertz CT molecular complexity index is 779. The largest absolute Gasteiger partial charge is 0.465 e. The Kier molecular flexibility index (Phi) is 4.30. The molecule has 136 valence electrons. The van der Waals surface area contributed by atoms with Gasteiger partial charge in [0.15, 0.2) is 23.0 Å². The topological polar surface area (TPSA) is 89.2 Å². The summed E-state index contributed by atoms with van der Waals surface area (Å²) in [5.74, 6) is 1.70. The van der Waals surface area contributed by atoms with E-state index in [1.54, 1.807) is 6.92 Å². The summed E-state index contributed by atoms with van der Waals surface area (Å²) in [6.07, 6.45) is 0. The first-order valence-electron chi connectivity index (χ1n) is 8.38. The van der Waals surface area contributed by atoms with Crippen LogP contribution in [-0.2, 0) is 9.53 Å². The fourth-order valence-corrected chi connectivity index (χ4v) is 3.19. The molecule has 26 heavy (non-hydrogen) atoms. The molecule has 0 aromatic heterocycles. The Morgan fingerprint density at radius 1 is 0.962 bits per heavy atom. The van der Waals surface area contributed by atoms with E-state index in [-0.39, 0.29) is 20.2 Å². The van der Waals surface area contributed by atoms with Crippen LogP contribution in [0.3, 0.4) is 0 Å². The molecule has 2 heterocycles. The molecule has 1 unspecified atom stereocenters. The molecular formula is C19H19NO6. The predicted octanol–water partition coefficient (Wildman–Crippen LogP) is 2.17. The number of esters is 1. The number of nitrogens with two attached hydrogens (primary N) is 1. The summed E-state index contributed by atoms with van der Waals surface area (Å²) in [6, 6.07) is 10.2. The molecule has 2 aliphatic rings. The number of fused-ring (bicyclic) bond motifs is 2. The van der Waals surface area contributed by atoms with E-state index < -0.39 is 17.9 Å². The van der Waals surface area contributed by atoms with Gasteiger partial charge in [-0.05, 0) is 42.3 Å². The van der Waals surface area contributed by atoms with E-state index in [1.807, 2.05) is 36.4 Å². The van der Waals surface area contributed by atoms with Crippen LogP contribution in [0.15, 0.2) is 36.4 Å². The Hall–Kier alpha value is -2.93. The van der Waals surface area contributed by atoms with E-state index in [9.17, 15) is 4.79 Å². The van der Waals surface area contributed by atoms with Crippen LogP contribution < -0.4 is 24.7 Å². The Morgan fingerprint density at radius 2 is 1.46 bits per heavy atom.